The van der Waals surface area contributed by atoms with Gasteiger partial charge in [-0.25, -0.2) is 0 Å². The zero-order chi connectivity index (χ0) is 19.1. The van der Waals surface area contributed by atoms with E-state index in [1.54, 1.807) is 12.1 Å². The fraction of sp³-hybridized carbons (Fsp3) is 0.125. The number of rotatable bonds is 8. The van der Waals surface area contributed by atoms with Gasteiger partial charge in [0.1, 0.15) is 17.2 Å². The number of nitrogens with zero attached hydrogens (tertiary/aromatic N) is 1. The van der Waals surface area contributed by atoms with E-state index >= 15 is 0 Å². The predicted octanol–water partition coefficient (Wildman–Crippen LogP) is 3.19. The van der Waals surface area contributed by atoms with E-state index in [0.717, 1.165) is 12.1 Å². The van der Waals surface area contributed by atoms with E-state index in [1.807, 2.05) is 0 Å². The minimum absolute atomic E-state index is 0.00763. The summed E-state index contributed by atoms with van der Waals surface area (Å²) in [4.78, 5) is 15.7. The Bertz CT molecular complexity index is 773. The van der Waals surface area contributed by atoms with Crippen molar-refractivity contribution in [3.63, 3.8) is 0 Å². The summed E-state index contributed by atoms with van der Waals surface area (Å²) in [6.07, 6.45) is 1.42. The maximum Gasteiger partial charge on any atom is 0.387 e. The number of hydrogen-bond donors (Lipinski definition) is 2. The third-order valence-electron chi connectivity index (χ3n) is 2.94. The summed E-state index contributed by atoms with van der Waals surface area (Å²) in [6, 6.07) is 7.85. The third-order valence-corrected chi connectivity index (χ3v) is 2.94. The van der Waals surface area contributed by atoms with Crippen molar-refractivity contribution in [3.8, 4) is 11.5 Å². The first-order chi connectivity index (χ1) is 12.4. The lowest BCUT2D eigenvalue weighted by Gasteiger charge is -2.16. The molecule has 2 aromatic rings. The van der Waals surface area contributed by atoms with Crippen LogP contribution < -0.4 is 20.3 Å². The lowest BCUT2D eigenvalue weighted by atomic mass is 10.1. The number of hydrazine groups is 1. The van der Waals surface area contributed by atoms with Crippen LogP contribution in [-0.2, 0) is 0 Å². The monoisotopic (exact) mass is 371 g/mol. The van der Waals surface area contributed by atoms with E-state index in [0.29, 0.717) is 0 Å². The zero-order valence-electron chi connectivity index (χ0n) is 13.1. The largest absolute Gasteiger partial charge is 0.435 e. The van der Waals surface area contributed by atoms with E-state index in [9.17, 15) is 22.4 Å². The van der Waals surface area contributed by atoms with Gasteiger partial charge in [-0.15, -0.1) is 0 Å². The van der Waals surface area contributed by atoms with Gasteiger partial charge in [0.25, 0.3) is 5.91 Å². The molecule has 1 aromatic heterocycles. The molecule has 10 heteroatoms. The normalized spacial score (nSPS) is 10.5. The molecular weight excluding hydrogens is 358 g/mol. The molecule has 0 bridgehead atoms. The maximum atomic E-state index is 12.6. The number of amides is 1. The van der Waals surface area contributed by atoms with Crippen molar-refractivity contribution in [1.29, 1.82) is 0 Å². The van der Waals surface area contributed by atoms with Gasteiger partial charge in [-0.3, -0.25) is 20.6 Å². The molecule has 0 spiro atoms. The van der Waals surface area contributed by atoms with Gasteiger partial charge in [0.15, 0.2) is 0 Å². The Morgan fingerprint density at radius 1 is 1.04 bits per heavy atom. The highest BCUT2D eigenvalue weighted by atomic mass is 19.3. The molecular formula is C16H13F4N3O3. The molecule has 2 rings (SSSR count). The molecule has 0 atom stereocenters. The highest BCUT2D eigenvalue weighted by Gasteiger charge is 2.16. The molecule has 0 fully saturated rings. The fourth-order valence-corrected chi connectivity index (χ4v) is 1.88. The molecule has 0 saturated heterocycles. The van der Waals surface area contributed by atoms with Crippen molar-refractivity contribution >= 4 is 11.6 Å². The summed E-state index contributed by atoms with van der Waals surface area (Å²) in [5, 5.41) is 0. The van der Waals surface area contributed by atoms with Crippen molar-refractivity contribution in [2.75, 3.05) is 0 Å². The molecule has 1 heterocycles. The number of carbonyl (C=O) groups is 1. The van der Waals surface area contributed by atoms with Crippen LogP contribution >= 0.6 is 0 Å². The van der Waals surface area contributed by atoms with Crippen LogP contribution in [0.15, 0.2) is 49.2 Å². The number of aromatic nitrogens is 1. The highest BCUT2D eigenvalue weighted by Crippen LogP contribution is 2.30. The first-order valence-corrected chi connectivity index (χ1v) is 7.07. The van der Waals surface area contributed by atoms with Gasteiger partial charge in [-0.1, -0.05) is 12.6 Å². The van der Waals surface area contributed by atoms with Crippen molar-refractivity contribution in [3.05, 3.63) is 60.4 Å². The Morgan fingerprint density at radius 3 is 2.38 bits per heavy atom. The van der Waals surface area contributed by atoms with Crippen LogP contribution in [-0.4, -0.2) is 24.1 Å². The molecule has 0 saturated carbocycles. The summed E-state index contributed by atoms with van der Waals surface area (Å²) in [7, 11) is 0. The Balaban J connectivity index is 2.12. The fourth-order valence-electron chi connectivity index (χ4n) is 1.88. The Hall–Kier alpha value is -3.30. The summed E-state index contributed by atoms with van der Waals surface area (Å²) >= 11 is 0. The van der Waals surface area contributed by atoms with Crippen LogP contribution in [0.4, 0.5) is 17.6 Å². The molecule has 0 radical (unpaired) electrons. The van der Waals surface area contributed by atoms with Crippen LogP contribution in [0.3, 0.4) is 0 Å². The summed E-state index contributed by atoms with van der Waals surface area (Å²) in [5.74, 6) is -1.42. The molecule has 0 aliphatic carbocycles. The number of nitrogens with one attached hydrogen (secondary N) is 2. The second kappa shape index (κ2) is 8.70. The molecule has 2 N–H and O–H groups in total. The van der Waals surface area contributed by atoms with Crippen molar-refractivity contribution in [2.24, 2.45) is 0 Å². The lowest BCUT2D eigenvalue weighted by Crippen LogP contribution is -2.36. The van der Waals surface area contributed by atoms with Crippen molar-refractivity contribution in [2.45, 2.75) is 13.2 Å². The molecule has 1 amide bonds. The zero-order valence-corrected chi connectivity index (χ0v) is 13.1. The van der Waals surface area contributed by atoms with Crippen LogP contribution in [0.25, 0.3) is 5.70 Å². The number of pyridine rings is 1. The molecule has 0 aliphatic rings. The number of benzene rings is 1. The van der Waals surface area contributed by atoms with Gasteiger partial charge in [-0.05, 0) is 24.3 Å². The van der Waals surface area contributed by atoms with E-state index in [1.165, 1.54) is 18.3 Å². The van der Waals surface area contributed by atoms with Gasteiger partial charge in [0.05, 0.1) is 5.70 Å². The minimum atomic E-state index is -3.20. The molecule has 26 heavy (non-hydrogen) atoms. The van der Waals surface area contributed by atoms with E-state index in [4.69, 9.17) is 0 Å². The smallest absolute Gasteiger partial charge is 0.387 e. The summed E-state index contributed by atoms with van der Waals surface area (Å²) < 4.78 is 58.0. The van der Waals surface area contributed by atoms with Gasteiger partial charge < -0.3 is 9.47 Å². The molecule has 0 unspecified atom stereocenters. The molecule has 6 nitrogen and oxygen atoms in total. The first-order valence-electron chi connectivity index (χ1n) is 7.07. The SMILES string of the molecule is C=C(NNC(=O)c1ccccn1)c1ccc(OC(F)F)cc1OC(F)F. The van der Waals surface area contributed by atoms with Crippen LogP contribution in [0.1, 0.15) is 16.1 Å². The first kappa shape index (κ1) is 19.0. The average Bonchev–Trinajstić information content (AvgIpc) is 2.59. The maximum absolute atomic E-state index is 12.6. The predicted molar refractivity (Wildman–Crippen MR) is 83.6 cm³/mol. The quantitative estimate of drug-likeness (QED) is 0.551. The molecule has 1 aromatic carbocycles. The second-order valence-electron chi connectivity index (χ2n) is 4.69. The van der Waals surface area contributed by atoms with E-state index in [-0.39, 0.29) is 22.7 Å². The number of hydrogen-bond acceptors (Lipinski definition) is 5. The van der Waals surface area contributed by atoms with Crippen LogP contribution in [0, 0.1) is 0 Å². The van der Waals surface area contributed by atoms with Gasteiger partial charge in [0, 0.05) is 17.8 Å². The Morgan fingerprint density at radius 2 is 1.77 bits per heavy atom. The van der Waals surface area contributed by atoms with Gasteiger partial charge in [-0.2, -0.15) is 17.6 Å². The minimum Gasteiger partial charge on any atom is -0.435 e. The number of halogens is 4. The highest BCUT2D eigenvalue weighted by molar-refractivity contribution is 5.92. The summed E-state index contributed by atoms with van der Waals surface area (Å²) in [6.45, 7) is -2.74. The Labute approximate surface area is 145 Å². The van der Waals surface area contributed by atoms with E-state index < -0.39 is 24.9 Å². The standard InChI is InChI=1S/C16H13F4N3O3/c1-9(22-23-14(24)12-4-2-3-7-21-12)11-6-5-10(25-15(17)18)8-13(11)26-16(19)20/h2-8,15-16,22H,1H2,(H,23,24). The number of alkyl halides is 4. The van der Waals surface area contributed by atoms with Gasteiger partial charge >= 0.3 is 13.2 Å². The van der Waals surface area contributed by atoms with Gasteiger partial charge in [0.2, 0.25) is 0 Å². The molecule has 138 valence electrons. The van der Waals surface area contributed by atoms with E-state index in [2.05, 4.69) is 31.9 Å². The molecule has 0 aliphatic heterocycles. The lowest BCUT2D eigenvalue weighted by molar-refractivity contribution is -0.0544. The van der Waals surface area contributed by atoms with Crippen molar-refractivity contribution in [1.82, 2.24) is 15.8 Å². The third kappa shape index (κ3) is 5.36. The van der Waals surface area contributed by atoms with Crippen molar-refractivity contribution < 1.29 is 31.8 Å². The second-order valence-corrected chi connectivity index (χ2v) is 4.69. The number of ether oxygens (including phenoxy) is 2. The number of carbonyl (C=O) groups excluding carboxylic acids is 1. The summed E-state index contributed by atoms with van der Waals surface area (Å²) in [5.41, 5.74) is 4.80. The average molecular weight is 371 g/mol. The Kier molecular flexibility index (Phi) is 6.36. The van der Waals surface area contributed by atoms with Crippen LogP contribution in [0.5, 0.6) is 11.5 Å². The topological polar surface area (TPSA) is 72.5 Å². The van der Waals surface area contributed by atoms with Crippen LogP contribution in [0.2, 0.25) is 0 Å².